The third kappa shape index (κ3) is 4.72. The van der Waals surface area contributed by atoms with E-state index in [4.69, 9.17) is 4.52 Å². The minimum atomic E-state index is -4.54. The third-order valence-corrected chi connectivity index (χ3v) is 5.48. The van der Waals surface area contributed by atoms with Crippen LogP contribution in [0.1, 0.15) is 16.2 Å². The quantitative estimate of drug-likeness (QED) is 0.334. The lowest BCUT2D eigenvalue weighted by molar-refractivity contribution is -0.137. The molecule has 0 bridgehead atoms. The molecule has 0 spiro atoms. The SMILES string of the molecule is O=C(NNc1nc(-c2ccncc2)no1)c1nc(-c2cccs2)n(-c2cccc(C(F)(F)F)c2)n1. The molecule has 0 saturated heterocycles. The molecular formula is C21H13F3N8O2S. The molecule has 4 aromatic heterocycles. The number of halogens is 3. The van der Waals surface area contributed by atoms with Crippen LogP contribution in [0.5, 0.6) is 0 Å². The number of aromatic nitrogens is 6. The minimum absolute atomic E-state index is 0.0963. The average molecular weight is 498 g/mol. The van der Waals surface area contributed by atoms with Crippen molar-refractivity contribution in [1.29, 1.82) is 0 Å². The second-order valence-electron chi connectivity index (χ2n) is 6.93. The smallest absolute Gasteiger partial charge is 0.313 e. The van der Waals surface area contributed by atoms with Crippen LogP contribution < -0.4 is 10.9 Å². The molecule has 35 heavy (non-hydrogen) atoms. The summed E-state index contributed by atoms with van der Waals surface area (Å²) in [6, 6.07) is 11.3. The van der Waals surface area contributed by atoms with Crippen LogP contribution in [0, 0.1) is 0 Å². The Morgan fingerprint density at radius 3 is 2.63 bits per heavy atom. The fourth-order valence-electron chi connectivity index (χ4n) is 3.03. The maximum atomic E-state index is 13.2. The summed E-state index contributed by atoms with van der Waals surface area (Å²) < 4.78 is 45.9. The summed E-state index contributed by atoms with van der Waals surface area (Å²) in [4.78, 5) is 25.6. The first-order valence-corrected chi connectivity index (χ1v) is 10.8. The molecule has 0 aliphatic carbocycles. The van der Waals surface area contributed by atoms with Crippen molar-refractivity contribution in [2.45, 2.75) is 6.18 Å². The van der Waals surface area contributed by atoms with Crippen LogP contribution in [0.15, 0.2) is 70.8 Å². The lowest BCUT2D eigenvalue weighted by Gasteiger charge is -2.09. The molecule has 0 saturated carbocycles. The Morgan fingerprint density at radius 1 is 1.06 bits per heavy atom. The van der Waals surface area contributed by atoms with Crippen molar-refractivity contribution in [3.63, 3.8) is 0 Å². The number of alkyl halides is 3. The molecule has 176 valence electrons. The van der Waals surface area contributed by atoms with E-state index in [9.17, 15) is 18.0 Å². The van der Waals surface area contributed by atoms with E-state index in [0.717, 1.165) is 12.1 Å². The topological polar surface area (TPSA) is 124 Å². The molecule has 14 heteroatoms. The van der Waals surface area contributed by atoms with Crippen LogP contribution in [0.4, 0.5) is 19.2 Å². The number of nitrogens with one attached hydrogen (secondary N) is 2. The second kappa shape index (κ2) is 8.98. The van der Waals surface area contributed by atoms with Crippen LogP contribution in [0.2, 0.25) is 0 Å². The Kier molecular flexibility index (Phi) is 5.70. The minimum Gasteiger partial charge on any atom is -0.313 e. The number of nitrogens with zero attached hydrogens (tertiary/aromatic N) is 6. The van der Waals surface area contributed by atoms with Crippen LogP contribution >= 0.6 is 11.3 Å². The monoisotopic (exact) mass is 498 g/mol. The molecule has 0 aliphatic heterocycles. The Balaban J connectivity index is 1.40. The number of anilines is 1. The van der Waals surface area contributed by atoms with E-state index in [1.165, 1.54) is 28.2 Å². The number of hydrogen-bond acceptors (Lipinski definition) is 9. The summed E-state index contributed by atoms with van der Waals surface area (Å²) in [6.45, 7) is 0. The maximum Gasteiger partial charge on any atom is 0.416 e. The Morgan fingerprint density at radius 2 is 1.89 bits per heavy atom. The number of hydrogen-bond donors (Lipinski definition) is 2. The number of amides is 1. The molecule has 1 amide bonds. The van der Waals surface area contributed by atoms with Gasteiger partial charge in [-0.25, -0.2) is 15.1 Å². The van der Waals surface area contributed by atoms with Gasteiger partial charge in [0.05, 0.1) is 16.1 Å². The predicted octanol–water partition coefficient (Wildman–Crippen LogP) is 4.22. The summed E-state index contributed by atoms with van der Waals surface area (Å²) in [5, 5.41) is 9.72. The van der Waals surface area contributed by atoms with Crippen molar-refractivity contribution < 1.29 is 22.5 Å². The molecule has 1 aromatic carbocycles. The maximum absolute atomic E-state index is 13.2. The molecule has 0 atom stereocenters. The van der Waals surface area contributed by atoms with Crippen molar-refractivity contribution in [2.75, 3.05) is 5.43 Å². The van der Waals surface area contributed by atoms with Crippen LogP contribution in [0.25, 0.3) is 27.8 Å². The van der Waals surface area contributed by atoms with Crippen molar-refractivity contribution in [1.82, 2.24) is 35.3 Å². The van der Waals surface area contributed by atoms with E-state index in [0.29, 0.717) is 10.4 Å². The highest BCUT2D eigenvalue weighted by molar-refractivity contribution is 7.13. The highest BCUT2D eigenvalue weighted by atomic mass is 32.1. The first-order valence-electron chi connectivity index (χ1n) is 9.87. The van der Waals surface area contributed by atoms with Crippen molar-refractivity contribution in [3.8, 4) is 27.8 Å². The summed E-state index contributed by atoms with van der Waals surface area (Å²) in [5.74, 6) is -0.567. The molecular weight excluding hydrogens is 485 g/mol. The van der Waals surface area contributed by atoms with Gasteiger partial charge < -0.3 is 4.52 Å². The van der Waals surface area contributed by atoms with Gasteiger partial charge in [-0.3, -0.25) is 15.2 Å². The Hall–Kier alpha value is -4.59. The normalized spacial score (nSPS) is 11.4. The van der Waals surface area contributed by atoms with Gasteiger partial charge in [0.2, 0.25) is 11.6 Å². The van der Waals surface area contributed by atoms with Gasteiger partial charge in [-0.05, 0) is 41.8 Å². The summed E-state index contributed by atoms with van der Waals surface area (Å²) in [7, 11) is 0. The average Bonchev–Trinajstić information content (AvgIpc) is 3.63. The van der Waals surface area contributed by atoms with Crippen LogP contribution in [0.3, 0.4) is 0 Å². The molecule has 0 unspecified atom stereocenters. The van der Waals surface area contributed by atoms with Gasteiger partial charge in [0.25, 0.3) is 0 Å². The molecule has 2 N–H and O–H groups in total. The zero-order chi connectivity index (χ0) is 24.4. The first-order chi connectivity index (χ1) is 16.9. The largest absolute Gasteiger partial charge is 0.416 e. The predicted molar refractivity (Wildman–Crippen MR) is 118 cm³/mol. The highest BCUT2D eigenvalue weighted by Gasteiger charge is 2.31. The van der Waals surface area contributed by atoms with Gasteiger partial charge in [-0.1, -0.05) is 17.3 Å². The highest BCUT2D eigenvalue weighted by Crippen LogP contribution is 2.32. The van der Waals surface area contributed by atoms with Gasteiger partial charge in [0, 0.05) is 18.0 Å². The lowest BCUT2D eigenvalue weighted by atomic mass is 10.2. The van der Waals surface area contributed by atoms with Gasteiger partial charge >= 0.3 is 18.1 Å². The number of carbonyl (C=O) groups excluding carboxylic acids is 1. The fraction of sp³-hybridized carbons (Fsp3) is 0.0476. The molecule has 0 aliphatic rings. The number of thiophene rings is 1. The fourth-order valence-corrected chi connectivity index (χ4v) is 3.72. The van der Waals surface area contributed by atoms with Crippen LogP contribution in [-0.4, -0.2) is 35.8 Å². The molecule has 10 nitrogen and oxygen atoms in total. The summed E-state index contributed by atoms with van der Waals surface area (Å²) in [5.41, 5.74) is 4.72. The number of hydrazine groups is 1. The van der Waals surface area contributed by atoms with Crippen molar-refractivity contribution in [3.05, 3.63) is 77.7 Å². The molecule has 4 heterocycles. The van der Waals surface area contributed by atoms with Crippen LogP contribution in [-0.2, 0) is 6.18 Å². The van der Waals surface area contributed by atoms with E-state index < -0.39 is 17.6 Å². The zero-order valence-electron chi connectivity index (χ0n) is 17.4. The number of benzene rings is 1. The third-order valence-electron chi connectivity index (χ3n) is 4.62. The number of rotatable bonds is 6. The van der Waals surface area contributed by atoms with E-state index in [2.05, 4.69) is 36.1 Å². The van der Waals surface area contributed by atoms with E-state index in [1.54, 1.807) is 42.0 Å². The summed E-state index contributed by atoms with van der Waals surface area (Å²) >= 11 is 1.30. The van der Waals surface area contributed by atoms with E-state index in [1.807, 2.05) is 0 Å². The van der Waals surface area contributed by atoms with Gasteiger partial charge in [-0.2, -0.15) is 18.2 Å². The molecule has 0 fully saturated rings. The van der Waals surface area contributed by atoms with E-state index >= 15 is 0 Å². The number of pyridine rings is 1. The van der Waals surface area contributed by atoms with Gasteiger partial charge in [0.15, 0.2) is 5.82 Å². The molecule has 0 radical (unpaired) electrons. The summed E-state index contributed by atoms with van der Waals surface area (Å²) in [6.07, 6.45) is -1.40. The lowest BCUT2D eigenvalue weighted by Crippen LogP contribution is -2.30. The van der Waals surface area contributed by atoms with Gasteiger partial charge in [-0.15, -0.1) is 16.4 Å². The van der Waals surface area contributed by atoms with Crippen molar-refractivity contribution >= 4 is 23.3 Å². The zero-order valence-corrected chi connectivity index (χ0v) is 18.2. The standard InChI is InChI=1S/C21H13F3N8O2S/c22-21(23,24)13-3-1-4-14(11-13)32-18(15-5-2-10-35-15)26-17(30-32)19(33)28-29-20-27-16(31-34-20)12-6-8-25-9-7-12/h1-11H,(H,28,33)(H,27,29,31). The van der Waals surface area contributed by atoms with Crippen molar-refractivity contribution in [2.24, 2.45) is 0 Å². The first kappa shape index (κ1) is 22.2. The van der Waals surface area contributed by atoms with Gasteiger partial charge in [0.1, 0.15) is 0 Å². The molecule has 5 aromatic rings. The Labute approximate surface area is 198 Å². The van der Waals surface area contributed by atoms with E-state index in [-0.39, 0.29) is 29.2 Å². The Bertz CT molecular complexity index is 1470. The second-order valence-corrected chi connectivity index (χ2v) is 7.88. The number of carbonyl (C=O) groups is 1. The molecule has 5 rings (SSSR count).